The highest BCUT2D eigenvalue weighted by Crippen LogP contribution is 2.14. The maximum Gasteiger partial charge on any atom is 0.151 e. The Bertz CT molecular complexity index is 285. The minimum atomic E-state index is -2.77. The zero-order chi connectivity index (χ0) is 11.5. The van der Waals surface area contributed by atoms with Crippen molar-refractivity contribution in [2.45, 2.75) is 52.1 Å². The number of sulfone groups is 1. The van der Waals surface area contributed by atoms with E-state index in [0.717, 1.165) is 19.3 Å². The fraction of sp³-hybridized carbons (Fsp3) is 1.00. The van der Waals surface area contributed by atoms with Crippen LogP contribution >= 0.6 is 0 Å². The Balaban J connectivity index is 2.38. The van der Waals surface area contributed by atoms with Crippen LogP contribution in [0.3, 0.4) is 0 Å². The highest BCUT2D eigenvalue weighted by atomic mass is 32.2. The molecule has 3 nitrogen and oxygen atoms in total. The predicted octanol–water partition coefficient (Wildman–Crippen LogP) is 1.59. The van der Waals surface area contributed by atoms with Crippen LogP contribution in [0.15, 0.2) is 0 Å². The summed E-state index contributed by atoms with van der Waals surface area (Å²) in [4.78, 5) is 0. The first-order valence-corrected chi connectivity index (χ1v) is 7.67. The van der Waals surface area contributed by atoms with Gasteiger partial charge in [0, 0.05) is 12.1 Å². The Kier molecular flexibility index (Phi) is 4.59. The summed E-state index contributed by atoms with van der Waals surface area (Å²) in [7, 11) is -2.77. The zero-order valence-electron chi connectivity index (χ0n) is 9.99. The molecule has 0 aromatic rings. The lowest BCUT2D eigenvalue weighted by Gasteiger charge is -2.27. The van der Waals surface area contributed by atoms with Gasteiger partial charge in [0.1, 0.15) is 0 Å². The molecule has 1 rings (SSSR count). The average Bonchev–Trinajstić information content (AvgIpc) is 1.99. The summed E-state index contributed by atoms with van der Waals surface area (Å²) >= 11 is 0. The van der Waals surface area contributed by atoms with Crippen molar-refractivity contribution in [2.24, 2.45) is 5.92 Å². The molecule has 0 amide bonds. The molecule has 0 aromatic carbocycles. The van der Waals surface area contributed by atoms with Gasteiger partial charge in [-0.1, -0.05) is 13.8 Å². The van der Waals surface area contributed by atoms with E-state index < -0.39 is 9.84 Å². The first-order valence-electron chi connectivity index (χ1n) is 5.85. The van der Waals surface area contributed by atoms with E-state index in [1.807, 2.05) is 0 Å². The molecule has 90 valence electrons. The van der Waals surface area contributed by atoms with Crippen LogP contribution in [0.25, 0.3) is 0 Å². The zero-order valence-corrected chi connectivity index (χ0v) is 10.8. The van der Waals surface area contributed by atoms with Crippen molar-refractivity contribution in [3.63, 3.8) is 0 Å². The van der Waals surface area contributed by atoms with Crippen LogP contribution in [-0.4, -0.2) is 32.0 Å². The minimum absolute atomic E-state index is 0.178. The van der Waals surface area contributed by atoms with Gasteiger partial charge in [-0.2, -0.15) is 0 Å². The van der Waals surface area contributed by atoms with Gasteiger partial charge in [-0.3, -0.25) is 0 Å². The SMILES string of the molecule is CC(C)CC(C)NC1CCCS(=O)(=O)C1. The third-order valence-electron chi connectivity index (χ3n) is 2.81. The predicted molar refractivity (Wildman–Crippen MR) is 63.7 cm³/mol. The molecular weight excluding hydrogens is 210 g/mol. The Morgan fingerprint density at radius 2 is 2.00 bits per heavy atom. The maximum atomic E-state index is 11.4. The van der Waals surface area contributed by atoms with Gasteiger partial charge in [0.2, 0.25) is 0 Å². The molecule has 1 fully saturated rings. The van der Waals surface area contributed by atoms with Crippen LogP contribution in [-0.2, 0) is 9.84 Å². The summed E-state index contributed by atoms with van der Waals surface area (Å²) in [5, 5.41) is 3.43. The van der Waals surface area contributed by atoms with Crippen LogP contribution < -0.4 is 5.32 Å². The van der Waals surface area contributed by atoms with Crippen LogP contribution in [0.5, 0.6) is 0 Å². The molecular formula is C11H23NO2S. The van der Waals surface area contributed by atoms with Gasteiger partial charge in [0.15, 0.2) is 9.84 Å². The van der Waals surface area contributed by atoms with E-state index in [1.165, 1.54) is 0 Å². The topological polar surface area (TPSA) is 46.2 Å². The summed E-state index contributed by atoms with van der Waals surface area (Å²) in [6, 6.07) is 0.598. The van der Waals surface area contributed by atoms with Crippen LogP contribution in [0.2, 0.25) is 0 Å². The minimum Gasteiger partial charge on any atom is -0.310 e. The van der Waals surface area contributed by atoms with Crippen LogP contribution in [0, 0.1) is 5.92 Å². The van der Waals surface area contributed by atoms with E-state index in [4.69, 9.17) is 0 Å². The van der Waals surface area contributed by atoms with E-state index in [2.05, 4.69) is 26.1 Å². The summed E-state index contributed by atoms with van der Waals surface area (Å²) < 4.78 is 22.8. The van der Waals surface area contributed by atoms with Crippen molar-refractivity contribution >= 4 is 9.84 Å². The number of nitrogens with one attached hydrogen (secondary N) is 1. The van der Waals surface area contributed by atoms with Gasteiger partial charge in [-0.25, -0.2) is 8.42 Å². The molecule has 1 aliphatic heterocycles. The average molecular weight is 233 g/mol. The molecule has 2 atom stereocenters. The van der Waals surface area contributed by atoms with E-state index in [0.29, 0.717) is 23.5 Å². The molecule has 0 bridgehead atoms. The lowest BCUT2D eigenvalue weighted by atomic mass is 10.0. The largest absolute Gasteiger partial charge is 0.310 e. The molecule has 1 heterocycles. The van der Waals surface area contributed by atoms with Gasteiger partial charge < -0.3 is 5.32 Å². The summed E-state index contributed by atoms with van der Waals surface area (Å²) in [5.74, 6) is 1.37. The van der Waals surface area contributed by atoms with Crippen molar-refractivity contribution in [1.29, 1.82) is 0 Å². The van der Waals surface area contributed by atoms with Gasteiger partial charge >= 0.3 is 0 Å². The van der Waals surface area contributed by atoms with Gasteiger partial charge in [0.05, 0.1) is 11.5 Å². The van der Waals surface area contributed by atoms with Gasteiger partial charge in [-0.05, 0) is 32.1 Å². The van der Waals surface area contributed by atoms with Crippen molar-refractivity contribution < 1.29 is 8.42 Å². The molecule has 1 aliphatic rings. The molecule has 1 saturated heterocycles. The molecule has 0 radical (unpaired) electrons. The fourth-order valence-corrected chi connectivity index (χ4v) is 3.98. The van der Waals surface area contributed by atoms with Crippen molar-refractivity contribution in [1.82, 2.24) is 5.32 Å². The molecule has 0 saturated carbocycles. The van der Waals surface area contributed by atoms with Crippen molar-refractivity contribution in [2.75, 3.05) is 11.5 Å². The van der Waals surface area contributed by atoms with E-state index >= 15 is 0 Å². The summed E-state index contributed by atoms with van der Waals surface area (Å²) in [6.07, 6.45) is 2.92. The van der Waals surface area contributed by atoms with Gasteiger partial charge in [0.25, 0.3) is 0 Å². The first-order chi connectivity index (χ1) is 6.89. The lowest BCUT2D eigenvalue weighted by molar-refractivity contribution is 0.383. The third-order valence-corrected chi connectivity index (χ3v) is 4.63. The monoisotopic (exact) mass is 233 g/mol. The van der Waals surface area contributed by atoms with Gasteiger partial charge in [-0.15, -0.1) is 0 Å². The quantitative estimate of drug-likeness (QED) is 0.802. The molecule has 0 aromatic heterocycles. The Morgan fingerprint density at radius 1 is 1.33 bits per heavy atom. The van der Waals surface area contributed by atoms with Crippen LogP contribution in [0.1, 0.15) is 40.0 Å². The standard InChI is InChI=1S/C11H23NO2S/c1-9(2)7-10(3)12-11-5-4-6-15(13,14)8-11/h9-12H,4-8H2,1-3H3. The summed E-state index contributed by atoms with van der Waals surface area (Å²) in [5.41, 5.74) is 0. The maximum absolute atomic E-state index is 11.4. The molecule has 2 unspecified atom stereocenters. The highest BCUT2D eigenvalue weighted by molar-refractivity contribution is 7.91. The third kappa shape index (κ3) is 4.98. The van der Waals surface area contributed by atoms with E-state index in [-0.39, 0.29) is 6.04 Å². The highest BCUT2D eigenvalue weighted by Gasteiger charge is 2.25. The number of rotatable bonds is 4. The second-order valence-electron chi connectivity index (χ2n) is 5.15. The Morgan fingerprint density at radius 3 is 2.53 bits per heavy atom. The lowest BCUT2D eigenvalue weighted by Crippen LogP contribution is -2.44. The fourth-order valence-electron chi connectivity index (χ4n) is 2.33. The Hall–Kier alpha value is -0.0900. The number of hydrogen-bond acceptors (Lipinski definition) is 3. The molecule has 0 aliphatic carbocycles. The van der Waals surface area contributed by atoms with Crippen molar-refractivity contribution in [3.8, 4) is 0 Å². The number of hydrogen-bond donors (Lipinski definition) is 1. The smallest absolute Gasteiger partial charge is 0.151 e. The second-order valence-corrected chi connectivity index (χ2v) is 7.38. The normalized spacial score (nSPS) is 27.9. The van der Waals surface area contributed by atoms with E-state index in [1.54, 1.807) is 0 Å². The summed E-state index contributed by atoms with van der Waals surface area (Å²) in [6.45, 7) is 6.52. The second kappa shape index (κ2) is 5.30. The molecule has 4 heteroatoms. The molecule has 1 N–H and O–H groups in total. The Labute approximate surface area is 93.6 Å². The molecule has 0 spiro atoms. The van der Waals surface area contributed by atoms with E-state index in [9.17, 15) is 8.42 Å². The van der Waals surface area contributed by atoms with Crippen molar-refractivity contribution in [3.05, 3.63) is 0 Å². The first kappa shape index (κ1) is 13.0. The molecule has 15 heavy (non-hydrogen) atoms. The van der Waals surface area contributed by atoms with Crippen LogP contribution in [0.4, 0.5) is 0 Å².